The van der Waals surface area contributed by atoms with E-state index in [9.17, 15) is 9.59 Å². The van der Waals surface area contributed by atoms with Crippen LogP contribution >= 0.6 is 0 Å². The molecule has 0 saturated carbocycles. The number of nitrogens with zero attached hydrogens (tertiary/aromatic N) is 2. The van der Waals surface area contributed by atoms with Crippen LogP contribution in [0.5, 0.6) is 11.5 Å². The number of amides is 2. The van der Waals surface area contributed by atoms with Crippen molar-refractivity contribution >= 4 is 11.8 Å². The Labute approximate surface area is 147 Å². The van der Waals surface area contributed by atoms with Crippen LogP contribution in [0.2, 0.25) is 0 Å². The largest absolute Gasteiger partial charge is 0.497 e. The van der Waals surface area contributed by atoms with Crippen LogP contribution in [0.25, 0.3) is 0 Å². The van der Waals surface area contributed by atoms with Crippen molar-refractivity contribution in [3.63, 3.8) is 0 Å². The SMILES string of the molecule is COCCN1C(=O)[C@H]2CN(Cc3cc(OC)cc(OC)c3)C[C@H]2C1=O. The van der Waals surface area contributed by atoms with E-state index in [0.29, 0.717) is 32.8 Å². The molecule has 2 saturated heterocycles. The summed E-state index contributed by atoms with van der Waals surface area (Å²) >= 11 is 0. The van der Waals surface area contributed by atoms with Crippen molar-refractivity contribution in [1.82, 2.24) is 9.80 Å². The fraction of sp³-hybridized carbons (Fsp3) is 0.556. The highest BCUT2D eigenvalue weighted by molar-refractivity contribution is 6.05. The third-order valence-corrected chi connectivity index (χ3v) is 4.90. The lowest BCUT2D eigenvalue weighted by Crippen LogP contribution is -2.37. The molecule has 3 rings (SSSR count). The Morgan fingerprint density at radius 2 is 1.52 bits per heavy atom. The maximum atomic E-state index is 12.5. The fourth-order valence-electron chi connectivity index (χ4n) is 3.64. The molecule has 0 aromatic heterocycles. The van der Waals surface area contributed by atoms with Gasteiger partial charge in [0.2, 0.25) is 11.8 Å². The highest BCUT2D eigenvalue weighted by atomic mass is 16.5. The summed E-state index contributed by atoms with van der Waals surface area (Å²) in [6.45, 7) is 2.56. The van der Waals surface area contributed by atoms with Gasteiger partial charge in [-0.3, -0.25) is 19.4 Å². The van der Waals surface area contributed by atoms with E-state index < -0.39 is 0 Å². The molecule has 7 nitrogen and oxygen atoms in total. The smallest absolute Gasteiger partial charge is 0.234 e. The first-order valence-corrected chi connectivity index (χ1v) is 8.35. The van der Waals surface area contributed by atoms with Crippen molar-refractivity contribution in [3.8, 4) is 11.5 Å². The Morgan fingerprint density at radius 3 is 2.00 bits per heavy atom. The topological polar surface area (TPSA) is 68.3 Å². The Balaban J connectivity index is 1.67. The number of hydrogen-bond acceptors (Lipinski definition) is 6. The number of rotatable bonds is 7. The molecule has 2 atom stereocenters. The molecule has 0 radical (unpaired) electrons. The normalized spacial score (nSPS) is 23.2. The molecule has 1 aromatic carbocycles. The third kappa shape index (κ3) is 3.48. The zero-order chi connectivity index (χ0) is 18.0. The van der Waals surface area contributed by atoms with E-state index in [1.165, 1.54) is 4.90 Å². The lowest BCUT2D eigenvalue weighted by atomic mass is 10.00. The summed E-state index contributed by atoms with van der Waals surface area (Å²) in [5.74, 6) is 0.836. The van der Waals surface area contributed by atoms with Crippen molar-refractivity contribution in [3.05, 3.63) is 23.8 Å². The Morgan fingerprint density at radius 1 is 0.960 bits per heavy atom. The van der Waals surface area contributed by atoms with Gasteiger partial charge in [0.1, 0.15) is 11.5 Å². The summed E-state index contributed by atoms with van der Waals surface area (Å²) in [6.07, 6.45) is 0. The van der Waals surface area contributed by atoms with Gasteiger partial charge in [-0.05, 0) is 17.7 Å². The average molecular weight is 348 g/mol. The second-order valence-electron chi connectivity index (χ2n) is 6.45. The maximum Gasteiger partial charge on any atom is 0.234 e. The van der Waals surface area contributed by atoms with E-state index in [1.807, 2.05) is 18.2 Å². The first-order valence-electron chi connectivity index (χ1n) is 8.35. The zero-order valence-electron chi connectivity index (χ0n) is 14.9. The number of likely N-dealkylation sites (tertiary alicyclic amines) is 2. The van der Waals surface area contributed by atoms with Crippen LogP contribution in [0.3, 0.4) is 0 Å². The molecule has 136 valence electrons. The summed E-state index contributed by atoms with van der Waals surface area (Å²) < 4.78 is 15.6. The molecule has 2 aliphatic rings. The highest BCUT2D eigenvalue weighted by Crippen LogP contribution is 2.34. The summed E-state index contributed by atoms with van der Waals surface area (Å²) in [5.41, 5.74) is 1.03. The number of benzene rings is 1. The standard InChI is InChI=1S/C18H24N2O5/c1-23-5-4-20-17(21)15-10-19(11-16(15)18(20)22)9-12-6-13(24-2)8-14(7-12)25-3/h6-8,15-16H,4-5,9-11H2,1-3H3/t15-,16+. The molecule has 2 amide bonds. The Bertz CT molecular complexity index is 617. The van der Waals surface area contributed by atoms with E-state index in [0.717, 1.165) is 17.1 Å². The number of imide groups is 1. The van der Waals surface area contributed by atoms with Crippen molar-refractivity contribution in [2.24, 2.45) is 11.8 Å². The predicted octanol–water partition coefficient (Wildman–Crippen LogP) is 0.767. The number of fused-ring (bicyclic) bond motifs is 1. The summed E-state index contributed by atoms with van der Waals surface area (Å²) in [6, 6.07) is 5.72. The van der Waals surface area contributed by atoms with Crippen LogP contribution in [0.1, 0.15) is 5.56 Å². The number of carbonyl (C=O) groups excluding carboxylic acids is 2. The van der Waals surface area contributed by atoms with Gasteiger partial charge in [0.15, 0.2) is 0 Å². The summed E-state index contributed by atoms with van der Waals surface area (Å²) in [7, 11) is 4.80. The predicted molar refractivity (Wildman–Crippen MR) is 90.4 cm³/mol. The quantitative estimate of drug-likeness (QED) is 0.678. The molecule has 0 N–H and O–H groups in total. The second kappa shape index (κ2) is 7.41. The van der Waals surface area contributed by atoms with Gasteiger partial charge < -0.3 is 14.2 Å². The third-order valence-electron chi connectivity index (χ3n) is 4.90. The van der Waals surface area contributed by atoms with Crippen LogP contribution in [0, 0.1) is 11.8 Å². The van der Waals surface area contributed by atoms with Gasteiger partial charge in [-0.1, -0.05) is 0 Å². The van der Waals surface area contributed by atoms with Crippen LogP contribution < -0.4 is 9.47 Å². The van der Waals surface area contributed by atoms with Crippen LogP contribution in [0.4, 0.5) is 0 Å². The molecule has 0 aliphatic carbocycles. The Kier molecular flexibility index (Phi) is 5.24. The zero-order valence-corrected chi connectivity index (χ0v) is 14.9. The van der Waals surface area contributed by atoms with Crippen LogP contribution in [-0.4, -0.2) is 69.2 Å². The molecule has 1 aromatic rings. The van der Waals surface area contributed by atoms with Gasteiger partial charge in [-0.15, -0.1) is 0 Å². The molecule has 0 bridgehead atoms. The molecule has 2 fully saturated rings. The van der Waals surface area contributed by atoms with Gasteiger partial charge in [-0.2, -0.15) is 0 Å². The van der Waals surface area contributed by atoms with Gasteiger partial charge >= 0.3 is 0 Å². The van der Waals surface area contributed by atoms with Gasteiger partial charge in [0.05, 0.1) is 39.2 Å². The molecular formula is C18H24N2O5. The molecule has 0 unspecified atom stereocenters. The maximum absolute atomic E-state index is 12.5. The number of methoxy groups -OCH3 is 3. The van der Waals surface area contributed by atoms with Crippen LogP contribution in [0.15, 0.2) is 18.2 Å². The number of carbonyl (C=O) groups is 2. The average Bonchev–Trinajstić information content (AvgIpc) is 3.12. The van der Waals surface area contributed by atoms with Crippen LogP contribution in [-0.2, 0) is 20.9 Å². The first-order chi connectivity index (χ1) is 12.1. The van der Waals surface area contributed by atoms with E-state index in [2.05, 4.69) is 4.90 Å². The van der Waals surface area contributed by atoms with Crippen molar-refractivity contribution < 1.29 is 23.8 Å². The lowest BCUT2D eigenvalue weighted by Gasteiger charge is -2.21. The summed E-state index contributed by atoms with van der Waals surface area (Å²) in [5, 5.41) is 0. The molecule has 0 spiro atoms. The monoisotopic (exact) mass is 348 g/mol. The molecule has 2 aliphatic heterocycles. The fourth-order valence-corrected chi connectivity index (χ4v) is 3.64. The first kappa shape index (κ1) is 17.7. The second-order valence-corrected chi connectivity index (χ2v) is 6.45. The van der Waals surface area contributed by atoms with Crippen molar-refractivity contribution in [2.45, 2.75) is 6.54 Å². The molecule has 7 heteroatoms. The minimum atomic E-state index is -0.239. The molecule has 25 heavy (non-hydrogen) atoms. The van der Waals surface area contributed by atoms with Crippen molar-refractivity contribution in [1.29, 1.82) is 0 Å². The van der Waals surface area contributed by atoms with Gasteiger partial charge in [-0.25, -0.2) is 0 Å². The lowest BCUT2D eigenvalue weighted by molar-refractivity contribution is -0.141. The Hall–Kier alpha value is -2.12. The molecule has 2 heterocycles. The van der Waals surface area contributed by atoms with E-state index in [4.69, 9.17) is 14.2 Å². The highest BCUT2D eigenvalue weighted by Gasteiger charge is 2.51. The number of hydrogen-bond donors (Lipinski definition) is 0. The summed E-state index contributed by atoms with van der Waals surface area (Å²) in [4.78, 5) is 28.5. The minimum absolute atomic E-state index is 0.0715. The van der Waals surface area contributed by atoms with Crippen molar-refractivity contribution in [2.75, 3.05) is 47.6 Å². The van der Waals surface area contributed by atoms with Gasteiger partial charge in [0.25, 0.3) is 0 Å². The molecular weight excluding hydrogens is 324 g/mol. The van der Waals surface area contributed by atoms with E-state index in [1.54, 1.807) is 21.3 Å². The van der Waals surface area contributed by atoms with E-state index in [-0.39, 0.29) is 23.7 Å². The van der Waals surface area contributed by atoms with Gasteiger partial charge in [0, 0.05) is 32.8 Å². The van der Waals surface area contributed by atoms with E-state index >= 15 is 0 Å². The minimum Gasteiger partial charge on any atom is -0.497 e. The number of ether oxygens (including phenoxy) is 3.